The molecule has 1 aromatic rings. The normalized spacial score (nSPS) is 25.9. The third-order valence-corrected chi connectivity index (χ3v) is 3.54. The van der Waals surface area contributed by atoms with Crippen LogP contribution in [0.3, 0.4) is 0 Å². The average molecular weight is 238 g/mol. The molecule has 1 aliphatic heterocycles. The number of methoxy groups -OCH3 is 1. The Labute approximate surface area is 102 Å². The van der Waals surface area contributed by atoms with E-state index in [0.717, 1.165) is 18.7 Å². The van der Waals surface area contributed by atoms with Crippen molar-refractivity contribution in [3.63, 3.8) is 0 Å². The van der Waals surface area contributed by atoms with Gasteiger partial charge in [-0.05, 0) is 31.7 Å². The molecule has 0 radical (unpaired) electrons. The number of hydrogen-bond acceptors (Lipinski definition) is 3. The molecule has 2 atom stereocenters. The molecular weight excluding hydrogens is 219 g/mol. The zero-order chi connectivity index (χ0) is 12.4. The smallest absolute Gasteiger partial charge is 0.165 e. The summed E-state index contributed by atoms with van der Waals surface area (Å²) in [4.78, 5) is 2.28. The van der Waals surface area contributed by atoms with Crippen LogP contribution >= 0.6 is 0 Å². The van der Waals surface area contributed by atoms with Gasteiger partial charge in [-0.25, -0.2) is 4.39 Å². The van der Waals surface area contributed by atoms with Crippen molar-refractivity contribution in [1.29, 1.82) is 0 Å². The number of ether oxygens (including phenoxy) is 1. The number of benzene rings is 1. The average Bonchev–Trinajstić information content (AvgIpc) is 2.32. The molecule has 1 N–H and O–H groups in total. The van der Waals surface area contributed by atoms with E-state index < -0.39 is 0 Å². The Morgan fingerprint density at radius 3 is 2.88 bits per heavy atom. The molecule has 1 fully saturated rings. The second-order valence-corrected chi connectivity index (χ2v) is 4.55. The Hall–Kier alpha value is -1.13. The Kier molecular flexibility index (Phi) is 3.64. The second kappa shape index (κ2) is 5.02. The van der Waals surface area contributed by atoms with Gasteiger partial charge in [0, 0.05) is 25.2 Å². The van der Waals surface area contributed by atoms with Crippen molar-refractivity contribution in [2.75, 3.05) is 27.2 Å². The van der Waals surface area contributed by atoms with Gasteiger partial charge >= 0.3 is 0 Å². The minimum Gasteiger partial charge on any atom is -0.494 e. The Morgan fingerprint density at radius 2 is 2.24 bits per heavy atom. The highest BCUT2D eigenvalue weighted by Gasteiger charge is 2.26. The molecule has 2 unspecified atom stereocenters. The molecule has 4 heteroatoms. The maximum Gasteiger partial charge on any atom is 0.165 e. The highest BCUT2D eigenvalue weighted by atomic mass is 19.1. The molecule has 1 saturated heterocycles. The standard InChI is InChI=1S/C13H19FN2O/c1-9-13(15-6-7-16(9)2)10-4-5-12(17-3)11(14)8-10/h4-5,8-9,13,15H,6-7H2,1-3H3. The van der Waals surface area contributed by atoms with Crippen LogP contribution in [0.15, 0.2) is 18.2 Å². The summed E-state index contributed by atoms with van der Waals surface area (Å²) < 4.78 is 18.6. The van der Waals surface area contributed by atoms with Gasteiger partial charge in [-0.2, -0.15) is 0 Å². The van der Waals surface area contributed by atoms with Crippen LogP contribution < -0.4 is 10.1 Å². The number of piperazine rings is 1. The number of likely N-dealkylation sites (N-methyl/N-ethyl adjacent to an activating group) is 1. The molecule has 3 nitrogen and oxygen atoms in total. The first-order valence-electron chi connectivity index (χ1n) is 5.90. The van der Waals surface area contributed by atoms with E-state index >= 15 is 0 Å². The molecule has 2 rings (SSSR count). The summed E-state index contributed by atoms with van der Waals surface area (Å²) >= 11 is 0. The molecule has 1 aliphatic rings. The van der Waals surface area contributed by atoms with Crippen LogP contribution in [-0.4, -0.2) is 38.2 Å². The predicted molar refractivity (Wildman–Crippen MR) is 65.8 cm³/mol. The number of hydrogen-bond donors (Lipinski definition) is 1. The monoisotopic (exact) mass is 238 g/mol. The highest BCUT2D eigenvalue weighted by Crippen LogP contribution is 2.26. The van der Waals surface area contributed by atoms with Crippen LogP contribution in [0.5, 0.6) is 5.75 Å². The molecule has 0 bridgehead atoms. The summed E-state index contributed by atoms with van der Waals surface area (Å²) in [6.45, 7) is 4.11. The molecule has 0 saturated carbocycles. The zero-order valence-corrected chi connectivity index (χ0v) is 10.5. The van der Waals surface area contributed by atoms with Crippen molar-refractivity contribution in [3.05, 3.63) is 29.6 Å². The number of rotatable bonds is 2. The fraction of sp³-hybridized carbons (Fsp3) is 0.538. The van der Waals surface area contributed by atoms with Crippen LogP contribution in [0.25, 0.3) is 0 Å². The largest absolute Gasteiger partial charge is 0.494 e. The van der Waals surface area contributed by atoms with Crippen molar-refractivity contribution < 1.29 is 9.13 Å². The predicted octanol–water partition coefficient (Wildman–Crippen LogP) is 1.80. The van der Waals surface area contributed by atoms with E-state index in [9.17, 15) is 4.39 Å². The third-order valence-electron chi connectivity index (χ3n) is 3.54. The highest BCUT2D eigenvalue weighted by molar-refractivity contribution is 5.32. The summed E-state index contributed by atoms with van der Waals surface area (Å²) in [6.07, 6.45) is 0. The van der Waals surface area contributed by atoms with Gasteiger partial charge in [-0.15, -0.1) is 0 Å². The number of nitrogens with one attached hydrogen (secondary N) is 1. The first kappa shape index (κ1) is 12.3. The minimum absolute atomic E-state index is 0.175. The van der Waals surface area contributed by atoms with Crippen LogP contribution in [-0.2, 0) is 0 Å². The summed E-state index contributed by atoms with van der Waals surface area (Å²) in [5, 5.41) is 3.43. The minimum atomic E-state index is -0.299. The molecule has 0 aliphatic carbocycles. The van der Waals surface area contributed by atoms with Crippen LogP contribution in [0.1, 0.15) is 18.5 Å². The van der Waals surface area contributed by atoms with Crippen molar-refractivity contribution in [3.8, 4) is 5.75 Å². The summed E-state index contributed by atoms with van der Waals surface area (Å²) in [6, 6.07) is 5.71. The molecule has 0 spiro atoms. The molecular formula is C13H19FN2O. The lowest BCUT2D eigenvalue weighted by Crippen LogP contribution is -2.49. The van der Waals surface area contributed by atoms with Gasteiger partial charge in [-0.1, -0.05) is 6.07 Å². The summed E-state index contributed by atoms with van der Waals surface area (Å²) in [7, 11) is 3.58. The summed E-state index contributed by atoms with van der Waals surface area (Å²) in [5.74, 6) is -0.00204. The quantitative estimate of drug-likeness (QED) is 0.850. The fourth-order valence-electron chi connectivity index (χ4n) is 2.30. The Bertz CT molecular complexity index is 397. The fourth-order valence-corrected chi connectivity index (χ4v) is 2.30. The van der Waals surface area contributed by atoms with Gasteiger partial charge in [0.1, 0.15) is 0 Å². The van der Waals surface area contributed by atoms with Crippen LogP contribution in [0.4, 0.5) is 4.39 Å². The van der Waals surface area contributed by atoms with E-state index in [1.54, 1.807) is 12.1 Å². The van der Waals surface area contributed by atoms with E-state index in [1.807, 2.05) is 6.07 Å². The van der Waals surface area contributed by atoms with Crippen molar-refractivity contribution >= 4 is 0 Å². The molecule has 0 aromatic heterocycles. The van der Waals surface area contributed by atoms with Gasteiger partial charge < -0.3 is 15.0 Å². The zero-order valence-electron chi connectivity index (χ0n) is 10.5. The lowest BCUT2D eigenvalue weighted by molar-refractivity contribution is 0.164. The van der Waals surface area contributed by atoms with E-state index in [-0.39, 0.29) is 11.9 Å². The van der Waals surface area contributed by atoms with Crippen LogP contribution in [0.2, 0.25) is 0 Å². The third kappa shape index (κ3) is 2.42. The maximum absolute atomic E-state index is 13.7. The van der Waals surface area contributed by atoms with Crippen molar-refractivity contribution in [1.82, 2.24) is 10.2 Å². The van der Waals surface area contributed by atoms with E-state index in [1.165, 1.54) is 7.11 Å². The molecule has 1 heterocycles. The number of nitrogens with zero attached hydrogens (tertiary/aromatic N) is 1. The van der Waals surface area contributed by atoms with Gasteiger partial charge in [0.05, 0.1) is 7.11 Å². The first-order valence-corrected chi connectivity index (χ1v) is 5.90. The number of halogens is 1. The van der Waals surface area contributed by atoms with Crippen LogP contribution in [0, 0.1) is 5.82 Å². The molecule has 1 aromatic carbocycles. The maximum atomic E-state index is 13.7. The molecule has 94 valence electrons. The SMILES string of the molecule is COc1ccc(C2NCCN(C)C2C)cc1F. The van der Waals surface area contributed by atoms with E-state index in [2.05, 4.69) is 24.2 Å². The van der Waals surface area contributed by atoms with E-state index in [4.69, 9.17) is 4.74 Å². The second-order valence-electron chi connectivity index (χ2n) is 4.55. The van der Waals surface area contributed by atoms with Gasteiger partial charge in [0.2, 0.25) is 0 Å². The van der Waals surface area contributed by atoms with Crippen molar-refractivity contribution in [2.45, 2.75) is 19.0 Å². The van der Waals surface area contributed by atoms with Gasteiger partial charge in [-0.3, -0.25) is 0 Å². The van der Waals surface area contributed by atoms with E-state index in [0.29, 0.717) is 11.8 Å². The van der Waals surface area contributed by atoms with Crippen molar-refractivity contribution in [2.24, 2.45) is 0 Å². The summed E-state index contributed by atoms with van der Waals surface area (Å²) in [5.41, 5.74) is 0.974. The Balaban J connectivity index is 2.24. The first-order chi connectivity index (χ1) is 8.13. The van der Waals surface area contributed by atoms with Gasteiger partial charge in [0.25, 0.3) is 0 Å². The lowest BCUT2D eigenvalue weighted by atomic mass is 9.97. The lowest BCUT2D eigenvalue weighted by Gasteiger charge is -2.38. The molecule has 17 heavy (non-hydrogen) atoms. The molecule has 0 amide bonds. The van der Waals surface area contributed by atoms with Gasteiger partial charge in [0.15, 0.2) is 11.6 Å². The Morgan fingerprint density at radius 1 is 1.47 bits per heavy atom. The topological polar surface area (TPSA) is 24.5 Å².